The van der Waals surface area contributed by atoms with Gasteiger partial charge in [-0.2, -0.15) is 4.39 Å². The normalized spacial score (nSPS) is 23.9. The van der Waals surface area contributed by atoms with E-state index in [-0.39, 0.29) is 6.42 Å². The summed E-state index contributed by atoms with van der Waals surface area (Å²) >= 11 is 0. The van der Waals surface area contributed by atoms with Crippen molar-refractivity contribution < 1.29 is 9.31 Å². The van der Waals surface area contributed by atoms with Crippen LogP contribution in [0.3, 0.4) is 0 Å². The predicted octanol–water partition coefficient (Wildman–Crippen LogP) is 2.97. The summed E-state index contributed by atoms with van der Waals surface area (Å²) in [4.78, 5) is 9.57. The lowest BCUT2D eigenvalue weighted by Gasteiger charge is -2.15. The minimum Gasteiger partial charge on any atom is -0.261 e. The van der Waals surface area contributed by atoms with E-state index in [1.807, 2.05) is 30.3 Å². The summed E-state index contributed by atoms with van der Waals surface area (Å²) in [6, 6.07) is 9.39. The van der Waals surface area contributed by atoms with E-state index in [1.54, 1.807) is 6.08 Å². The molecule has 1 aliphatic carbocycles. The first-order chi connectivity index (χ1) is 7.62. The van der Waals surface area contributed by atoms with Gasteiger partial charge in [0, 0.05) is 6.08 Å². The molecule has 4 heteroatoms. The third-order valence-corrected chi connectivity index (χ3v) is 2.54. The summed E-state index contributed by atoms with van der Waals surface area (Å²) in [5.74, 6) is -2.45. The number of hydrogen-bond acceptors (Lipinski definition) is 2. The highest BCUT2D eigenvalue weighted by atomic mass is 19.1. The van der Waals surface area contributed by atoms with E-state index in [9.17, 15) is 14.5 Å². The van der Waals surface area contributed by atoms with Crippen LogP contribution in [0.2, 0.25) is 0 Å². The van der Waals surface area contributed by atoms with Crippen molar-refractivity contribution >= 4 is 5.57 Å². The van der Waals surface area contributed by atoms with Gasteiger partial charge < -0.3 is 0 Å². The van der Waals surface area contributed by atoms with Crippen molar-refractivity contribution in [1.29, 1.82) is 0 Å². The lowest BCUT2D eigenvalue weighted by atomic mass is 9.96. The molecule has 82 valence electrons. The van der Waals surface area contributed by atoms with Crippen LogP contribution in [0.15, 0.2) is 48.6 Å². The van der Waals surface area contributed by atoms with Crippen LogP contribution in [0, 0.1) is 10.1 Å². The number of hydrogen-bond donors (Lipinski definition) is 0. The number of nitro groups is 1. The van der Waals surface area contributed by atoms with E-state index >= 15 is 0 Å². The molecule has 0 bridgehead atoms. The summed E-state index contributed by atoms with van der Waals surface area (Å²) in [5.41, 5.74) is 1.75. The van der Waals surface area contributed by atoms with Gasteiger partial charge in [0.05, 0.1) is 11.3 Å². The van der Waals surface area contributed by atoms with Crippen LogP contribution in [0.5, 0.6) is 0 Å². The molecule has 0 amide bonds. The Morgan fingerprint density at radius 2 is 2.00 bits per heavy atom. The Bertz CT molecular complexity index is 467. The zero-order valence-corrected chi connectivity index (χ0v) is 8.47. The van der Waals surface area contributed by atoms with Crippen molar-refractivity contribution in [3.05, 3.63) is 64.2 Å². The smallest absolute Gasteiger partial charge is 0.261 e. The fraction of sp³-hybridized carbons (Fsp3) is 0.167. The number of benzene rings is 1. The van der Waals surface area contributed by atoms with Crippen LogP contribution < -0.4 is 0 Å². The van der Waals surface area contributed by atoms with Crippen LogP contribution in [0.4, 0.5) is 4.39 Å². The molecule has 0 saturated carbocycles. The molecule has 3 nitrogen and oxygen atoms in total. The average Bonchev–Trinajstić information content (AvgIpc) is 2.31. The van der Waals surface area contributed by atoms with Gasteiger partial charge in [0.15, 0.2) is 0 Å². The molecule has 1 aliphatic rings. The van der Waals surface area contributed by atoms with Gasteiger partial charge in [0.25, 0.3) is 0 Å². The van der Waals surface area contributed by atoms with E-state index in [0.717, 1.165) is 17.2 Å². The zero-order chi connectivity index (χ0) is 11.6. The standard InChI is InChI=1S/C12H10FNO2/c13-12(14(15)16)8-6-11(7-9-12)10-4-2-1-3-5-10/h1-8H,9H2. The maximum absolute atomic E-state index is 13.6. The number of alkyl halides is 1. The molecular weight excluding hydrogens is 209 g/mol. The van der Waals surface area contributed by atoms with Gasteiger partial charge in [-0.05, 0) is 17.2 Å². The zero-order valence-electron chi connectivity index (χ0n) is 8.47. The van der Waals surface area contributed by atoms with Crippen molar-refractivity contribution in [1.82, 2.24) is 0 Å². The molecule has 1 unspecified atom stereocenters. The van der Waals surface area contributed by atoms with Gasteiger partial charge in [0.1, 0.15) is 0 Å². The summed E-state index contributed by atoms with van der Waals surface area (Å²) in [7, 11) is 0. The molecule has 0 fully saturated rings. The van der Waals surface area contributed by atoms with Gasteiger partial charge in [0.2, 0.25) is 0 Å². The molecule has 0 saturated heterocycles. The summed E-state index contributed by atoms with van der Waals surface area (Å²) < 4.78 is 13.6. The Labute approximate surface area is 92.1 Å². The average molecular weight is 219 g/mol. The third kappa shape index (κ3) is 1.86. The summed E-state index contributed by atoms with van der Waals surface area (Å²) in [6.07, 6.45) is 3.80. The van der Waals surface area contributed by atoms with Crippen molar-refractivity contribution in [3.8, 4) is 0 Å². The molecular formula is C12H10FNO2. The van der Waals surface area contributed by atoms with Crippen LogP contribution in [-0.2, 0) is 0 Å². The number of halogens is 1. The van der Waals surface area contributed by atoms with Crippen molar-refractivity contribution in [3.63, 3.8) is 0 Å². The van der Waals surface area contributed by atoms with Gasteiger partial charge in [-0.15, -0.1) is 0 Å². The minimum atomic E-state index is -2.45. The highest BCUT2D eigenvalue weighted by molar-refractivity contribution is 5.75. The maximum atomic E-state index is 13.6. The minimum absolute atomic E-state index is 0.222. The SMILES string of the molecule is O=[N+]([O-])C1(F)C=CC(c2ccccc2)=CC1. The van der Waals surface area contributed by atoms with Crippen molar-refractivity contribution in [2.75, 3.05) is 0 Å². The first-order valence-electron chi connectivity index (χ1n) is 4.90. The number of nitrogens with zero attached hydrogens (tertiary/aromatic N) is 1. The quantitative estimate of drug-likeness (QED) is 0.436. The fourth-order valence-corrected chi connectivity index (χ4v) is 1.59. The van der Waals surface area contributed by atoms with E-state index < -0.39 is 10.7 Å². The molecule has 0 N–H and O–H groups in total. The van der Waals surface area contributed by atoms with Crippen LogP contribution in [-0.4, -0.2) is 10.7 Å². The highest BCUT2D eigenvalue weighted by Crippen LogP contribution is 2.29. The second-order valence-corrected chi connectivity index (χ2v) is 3.64. The molecule has 0 radical (unpaired) electrons. The van der Waals surface area contributed by atoms with E-state index in [1.165, 1.54) is 6.08 Å². The molecule has 0 aromatic heterocycles. The maximum Gasteiger partial charge on any atom is 0.381 e. The highest BCUT2D eigenvalue weighted by Gasteiger charge is 2.40. The third-order valence-electron chi connectivity index (χ3n) is 2.54. The fourth-order valence-electron chi connectivity index (χ4n) is 1.59. The Kier molecular flexibility index (Phi) is 2.56. The van der Waals surface area contributed by atoms with Crippen LogP contribution >= 0.6 is 0 Å². The molecule has 16 heavy (non-hydrogen) atoms. The van der Waals surface area contributed by atoms with Crippen LogP contribution in [0.1, 0.15) is 12.0 Å². The van der Waals surface area contributed by atoms with E-state index in [4.69, 9.17) is 0 Å². The monoisotopic (exact) mass is 219 g/mol. The molecule has 0 aliphatic heterocycles. The van der Waals surface area contributed by atoms with E-state index in [0.29, 0.717) is 0 Å². The summed E-state index contributed by atoms with van der Waals surface area (Å²) in [5, 5.41) is 10.5. The molecule has 1 aromatic carbocycles. The second-order valence-electron chi connectivity index (χ2n) is 3.64. The van der Waals surface area contributed by atoms with Crippen LogP contribution in [0.25, 0.3) is 5.57 Å². The lowest BCUT2D eigenvalue weighted by molar-refractivity contribution is -0.588. The Morgan fingerprint density at radius 1 is 1.31 bits per heavy atom. The van der Waals surface area contributed by atoms with Gasteiger partial charge >= 0.3 is 5.79 Å². The van der Waals surface area contributed by atoms with Crippen molar-refractivity contribution in [2.24, 2.45) is 0 Å². The predicted molar refractivity (Wildman–Crippen MR) is 59.0 cm³/mol. The Morgan fingerprint density at radius 3 is 2.50 bits per heavy atom. The number of allylic oxidation sites excluding steroid dienone is 2. The van der Waals surface area contributed by atoms with Gasteiger partial charge in [-0.3, -0.25) is 10.1 Å². The molecule has 1 atom stereocenters. The van der Waals surface area contributed by atoms with Crippen molar-refractivity contribution in [2.45, 2.75) is 12.2 Å². The Hall–Kier alpha value is -1.97. The first-order valence-corrected chi connectivity index (χ1v) is 4.90. The Balaban J connectivity index is 2.23. The molecule has 0 spiro atoms. The molecule has 1 aromatic rings. The second kappa shape index (κ2) is 3.89. The topological polar surface area (TPSA) is 43.1 Å². The first kappa shape index (κ1) is 10.5. The number of rotatable bonds is 2. The van der Waals surface area contributed by atoms with Gasteiger partial charge in [-0.1, -0.05) is 36.4 Å². The van der Waals surface area contributed by atoms with Gasteiger partial charge in [-0.25, -0.2) is 0 Å². The lowest BCUT2D eigenvalue weighted by Crippen LogP contribution is -2.31. The van der Waals surface area contributed by atoms with E-state index in [2.05, 4.69) is 0 Å². The molecule has 0 heterocycles. The summed E-state index contributed by atoms with van der Waals surface area (Å²) in [6.45, 7) is 0. The largest absolute Gasteiger partial charge is 0.381 e. The molecule has 2 rings (SSSR count).